The van der Waals surface area contributed by atoms with Crippen LogP contribution in [0.25, 0.3) is 0 Å². The highest BCUT2D eigenvalue weighted by atomic mass is 16.5. The minimum Gasteiger partial charge on any atom is -0.424 e. The van der Waals surface area contributed by atoms with Gasteiger partial charge in [-0.1, -0.05) is 6.07 Å². The van der Waals surface area contributed by atoms with Gasteiger partial charge in [-0.05, 0) is 35.6 Å². The third-order valence-electron chi connectivity index (χ3n) is 2.75. The minimum absolute atomic E-state index is 0.286. The maximum absolute atomic E-state index is 9.60. The van der Waals surface area contributed by atoms with Crippen LogP contribution in [0, 0.1) is 6.92 Å². The van der Waals surface area contributed by atoms with Crippen molar-refractivity contribution in [2.45, 2.75) is 13.5 Å². The fourth-order valence-corrected chi connectivity index (χ4v) is 1.80. The molecule has 2 heterocycles. The summed E-state index contributed by atoms with van der Waals surface area (Å²) in [5.41, 5.74) is 2.68. The van der Waals surface area contributed by atoms with Crippen LogP contribution in [0.15, 0.2) is 30.6 Å². The Morgan fingerprint density at radius 1 is 1.33 bits per heavy atom. The molecule has 5 nitrogen and oxygen atoms in total. The van der Waals surface area contributed by atoms with Gasteiger partial charge in [-0.2, -0.15) is 0 Å². The number of aryl methyl sites for hydroxylation is 1. The fraction of sp³-hybridized carbons (Fsp3) is 0.167. The summed E-state index contributed by atoms with van der Waals surface area (Å²) in [6, 6.07) is 5.71. The molecule has 1 aliphatic rings. The summed E-state index contributed by atoms with van der Waals surface area (Å²) in [5.74, 6) is 0.585. The van der Waals surface area contributed by atoms with E-state index in [9.17, 15) is 5.02 Å². The normalized spacial score (nSPS) is 13.6. The molecule has 1 aromatic heterocycles. The van der Waals surface area contributed by atoms with E-state index in [0.717, 1.165) is 16.6 Å². The highest BCUT2D eigenvalue weighted by molar-refractivity contribution is 6.61. The van der Waals surface area contributed by atoms with Gasteiger partial charge in [0.2, 0.25) is 0 Å². The molecular weight excluding hydrogens is 231 g/mol. The van der Waals surface area contributed by atoms with Crippen molar-refractivity contribution in [2.24, 2.45) is 0 Å². The van der Waals surface area contributed by atoms with E-state index in [2.05, 4.69) is 9.97 Å². The molecule has 0 amide bonds. The highest BCUT2D eigenvalue weighted by Gasteiger charge is 2.27. The number of hydrogen-bond donors (Lipinski definition) is 1. The summed E-state index contributed by atoms with van der Waals surface area (Å²) in [4.78, 5) is 8.12. The van der Waals surface area contributed by atoms with Crippen molar-refractivity contribution in [3.63, 3.8) is 0 Å². The van der Waals surface area contributed by atoms with Gasteiger partial charge < -0.3 is 14.4 Å². The topological polar surface area (TPSA) is 64.5 Å². The molecule has 6 heteroatoms. The molecule has 90 valence electrons. The molecule has 0 saturated heterocycles. The van der Waals surface area contributed by atoms with E-state index in [0.29, 0.717) is 12.4 Å². The van der Waals surface area contributed by atoms with Crippen molar-refractivity contribution in [2.75, 3.05) is 0 Å². The molecule has 1 aliphatic heterocycles. The second-order valence-corrected chi connectivity index (χ2v) is 4.17. The standard InChI is InChI=1S/C12H11BN2O3/c1-8-5-14-12(15-6-8)18-10-3-2-9-7-17-13(16)11(9)4-10/h2-6,16H,7H2,1H3. The molecule has 18 heavy (non-hydrogen) atoms. The van der Waals surface area contributed by atoms with Crippen LogP contribution < -0.4 is 10.2 Å². The minimum atomic E-state index is -0.873. The molecule has 0 bridgehead atoms. The smallest absolute Gasteiger partial charge is 0.424 e. The molecule has 0 atom stereocenters. The molecule has 0 spiro atoms. The number of nitrogens with zero attached hydrogens (tertiary/aromatic N) is 2. The molecular formula is C12H11BN2O3. The Labute approximate surface area is 105 Å². The van der Waals surface area contributed by atoms with E-state index in [1.54, 1.807) is 18.5 Å². The summed E-state index contributed by atoms with van der Waals surface area (Å²) in [5, 5.41) is 9.60. The van der Waals surface area contributed by atoms with E-state index in [1.807, 2.05) is 19.1 Å². The van der Waals surface area contributed by atoms with Crippen LogP contribution in [-0.4, -0.2) is 22.1 Å². The number of benzene rings is 1. The number of ether oxygens (including phenoxy) is 1. The third kappa shape index (κ3) is 2.08. The number of aromatic nitrogens is 2. The molecule has 1 N–H and O–H groups in total. The number of hydrogen-bond acceptors (Lipinski definition) is 5. The highest BCUT2D eigenvalue weighted by Crippen LogP contribution is 2.20. The van der Waals surface area contributed by atoms with Gasteiger partial charge in [0.25, 0.3) is 0 Å². The molecule has 0 fully saturated rings. The molecule has 1 aromatic carbocycles. The van der Waals surface area contributed by atoms with Gasteiger partial charge in [0.05, 0.1) is 6.61 Å². The van der Waals surface area contributed by atoms with Gasteiger partial charge in [-0.3, -0.25) is 0 Å². The van der Waals surface area contributed by atoms with Crippen molar-refractivity contribution in [1.82, 2.24) is 9.97 Å². The summed E-state index contributed by atoms with van der Waals surface area (Å²) >= 11 is 0. The van der Waals surface area contributed by atoms with Crippen LogP contribution in [0.4, 0.5) is 0 Å². The van der Waals surface area contributed by atoms with Gasteiger partial charge >= 0.3 is 13.1 Å². The maximum atomic E-state index is 9.60. The van der Waals surface area contributed by atoms with Crippen molar-refractivity contribution >= 4 is 12.6 Å². The quantitative estimate of drug-likeness (QED) is 0.789. The second kappa shape index (κ2) is 4.40. The van der Waals surface area contributed by atoms with Gasteiger partial charge in [-0.15, -0.1) is 0 Å². The predicted molar refractivity (Wildman–Crippen MR) is 65.7 cm³/mol. The molecule has 0 radical (unpaired) electrons. The van der Waals surface area contributed by atoms with Gasteiger partial charge in [0, 0.05) is 12.4 Å². The molecule has 0 unspecified atom stereocenters. The maximum Gasteiger partial charge on any atom is 0.491 e. The first-order valence-corrected chi connectivity index (χ1v) is 5.61. The van der Waals surface area contributed by atoms with E-state index in [1.165, 1.54) is 0 Å². The van der Waals surface area contributed by atoms with Crippen molar-refractivity contribution < 1.29 is 14.4 Å². The van der Waals surface area contributed by atoms with Gasteiger partial charge in [0.15, 0.2) is 0 Å². The Hall–Kier alpha value is -1.92. The van der Waals surface area contributed by atoms with E-state index < -0.39 is 7.12 Å². The molecule has 2 aromatic rings. The summed E-state index contributed by atoms with van der Waals surface area (Å²) in [6.45, 7) is 2.34. The third-order valence-corrected chi connectivity index (χ3v) is 2.75. The Bertz CT molecular complexity index is 574. The summed E-state index contributed by atoms with van der Waals surface area (Å²) in [6.07, 6.45) is 3.38. The van der Waals surface area contributed by atoms with Crippen molar-refractivity contribution in [3.05, 3.63) is 41.7 Å². The predicted octanol–water partition coefficient (Wildman–Crippen LogP) is 0.795. The van der Waals surface area contributed by atoms with Gasteiger partial charge in [-0.25, -0.2) is 9.97 Å². The SMILES string of the molecule is Cc1cnc(Oc2ccc3c(c2)B(O)OC3)nc1. The van der Waals surface area contributed by atoms with E-state index in [4.69, 9.17) is 9.39 Å². The first-order chi connectivity index (χ1) is 8.72. The number of fused-ring (bicyclic) bond motifs is 1. The molecule has 0 saturated carbocycles. The summed E-state index contributed by atoms with van der Waals surface area (Å²) in [7, 11) is -0.873. The average Bonchev–Trinajstić information content (AvgIpc) is 2.74. The first-order valence-electron chi connectivity index (χ1n) is 5.61. The zero-order valence-corrected chi connectivity index (χ0v) is 9.83. The lowest BCUT2D eigenvalue weighted by Crippen LogP contribution is -2.27. The van der Waals surface area contributed by atoms with Crippen molar-refractivity contribution in [3.8, 4) is 11.8 Å². The van der Waals surface area contributed by atoms with E-state index in [-0.39, 0.29) is 6.01 Å². The Kier molecular flexibility index (Phi) is 2.73. The van der Waals surface area contributed by atoms with Gasteiger partial charge in [0.1, 0.15) is 5.75 Å². The average molecular weight is 242 g/mol. The lowest BCUT2D eigenvalue weighted by Gasteiger charge is -2.05. The van der Waals surface area contributed by atoms with Crippen LogP contribution in [0.1, 0.15) is 11.1 Å². The molecule has 3 rings (SSSR count). The zero-order valence-electron chi connectivity index (χ0n) is 9.83. The number of rotatable bonds is 2. The van der Waals surface area contributed by atoms with Crippen molar-refractivity contribution in [1.29, 1.82) is 0 Å². The lowest BCUT2D eigenvalue weighted by atomic mass is 9.79. The van der Waals surface area contributed by atoms with Crippen LogP contribution in [0.2, 0.25) is 0 Å². The summed E-state index contributed by atoms with van der Waals surface area (Å²) < 4.78 is 10.6. The van der Waals surface area contributed by atoms with E-state index >= 15 is 0 Å². The Morgan fingerprint density at radius 3 is 2.89 bits per heavy atom. The van der Waals surface area contributed by atoms with Crippen LogP contribution in [-0.2, 0) is 11.3 Å². The molecule has 0 aliphatic carbocycles. The lowest BCUT2D eigenvalue weighted by molar-refractivity contribution is 0.275. The Morgan fingerprint density at radius 2 is 2.11 bits per heavy atom. The first kappa shape index (κ1) is 11.2. The van der Waals surface area contributed by atoms with Crippen LogP contribution >= 0.6 is 0 Å². The monoisotopic (exact) mass is 242 g/mol. The second-order valence-electron chi connectivity index (χ2n) is 4.17. The Balaban J connectivity index is 1.85. The largest absolute Gasteiger partial charge is 0.491 e. The fourth-order valence-electron chi connectivity index (χ4n) is 1.80. The van der Waals surface area contributed by atoms with Crippen LogP contribution in [0.3, 0.4) is 0 Å². The van der Waals surface area contributed by atoms with Crippen LogP contribution in [0.5, 0.6) is 11.8 Å². The zero-order chi connectivity index (χ0) is 12.5.